The van der Waals surface area contributed by atoms with Gasteiger partial charge in [-0.15, -0.1) is 11.3 Å². The van der Waals surface area contributed by atoms with E-state index in [0.29, 0.717) is 39.6 Å². The van der Waals surface area contributed by atoms with Crippen LogP contribution in [0.4, 0.5) is 13.2 Å². The molecule has 1 saturated heterocycles. The molecule has 0 aliphatic carbocycles. The Labute approximate surface area is 229 Å². The lowest BCUT2D eigenvalue weighted by molar-refractivity contribution is -0.141. The Morgan fingerprint density at radius 1 is 1.10 bits per heavy atom. The van der Waals surface area contributed by atoms with Crippen molar-refractivity contribution >= 4 is 39.1 Å². The number of aryl methyl sites for hydroxylation is 1. The first-order valence-electron chi connectivity index (χ1n) is 12.0. The van der Waals surface area contributed by atoms with Crippen LogP contribution in [0.15, 0.2) is 52.3 Å². The lowest BCUT2D eigenvalue weighted by Crippen LogP contribution is -2.47. The summed E-state index contributed by atoms with van der Waals surface area (Å²) in [5.41, 5.74) is 2.57. The number of nitrogens with one attached hydrogen (secondary N) is 1. The van der Waals surface area contributed by atoms with E-state index in [-0.39, 0.29) is 19.0 Å². The Morgan fingerprint density at radius 2 is 1.90 bits per heavy atom. The quantitative estimate of drug-likeness (QED) is 0.377. The molecule has 3 aromatic heterocycles. The number of fused-ring (bicyclic) bond motifs is 1. The topological polar surface area (TPSA) is 89.2 Å². The van der Waals surface area contributed by atoms with Crippen molar-refractivity contribution in [1.29, 1.82) is 0 Å². The van der Waals surface area contributed by atoms with Crippen LogP contribution < -0.4 is 16.6 Å². The number of amides is 1. The molecule has 0 spiro atoms. The third-order valence-corrected chi connectivity index (χ3v) is 7.85. The van der Waals surface area contributed by atoms with Crippen LogP contribution in [-0.2, 0) is 24.4 Å². The highest BCUT2D eigenvalue weighted by Gasteiger charge is 2.29. The molecule has 0 bridgehead atoms. The van der Waals surface area contributed by atoms with Crippen molar-refractivity contribution in [2.75, 3.05) is 19.6 Å². The molecule has 1 amide bonds. The van der Waals surface area contributed by atoms with Gasteiger partial charge in [-0.05, 0) is 47.9 Å². The van der Waals surface area contributed by atoms with Gasteiger partial charge < -0.3 is 5.32 Å². The zero-order valence-electron chi connectivity index (χ0n) is 20.7. The smallest absolute Gasteiger partial charge is 0.354 e. The number of carbonyl (C=O) groups excluding carboxylic acids is 1. The Balaban J connectivity index is 1.55. The third-order valence-electron chi connectivity index (χ3n) is 6.49. The number of thiophene rings is 1. The van der Waals surface area contributed by atoms with Crippen molar-refractivity contribution in [3.63, 3.8) is 0 Å². The van der Waals surface area contributed by atoms with Gasteiger partial charge in [0, 0.05) is 53.6 Å². The second-order valence-electron chi connectivity index (χ2n) is 9.36. The molecule has 0 atom stereocenters. The van der Waals surface area contributed by atoms with Crippen LogP contribution in [0.3, 0.4) is 0 Å². The maximum absolute atomic E-state index is 12.9. The van der Waals surface area contributed by atoms with Gasteiger partial charge in [0.2, 0.25) is 5.91 Å². The Morgan fingerprint density at radius 3 is 2.64 bits per heavy atom. The van der Waals surface area contributed by atoms with Gasteiger partial charge in [0.25, 0.3) is 5.56 Å². The summed E-state index contributed by atoms with van der Waals surface area (Å²) >= 11 is 7.76. The normalized spacial score (nSPS) is 14.6. The van der Waals surface area contributed by atoms with E-state index in [2.05, 4.69) is 15.2 Å². The van der Waals surface area contributed by atoms with E-state index in [1.165, 1.54) is 11.3 Å². The molecule has 1 aliphatic heterocycles. The molecule has 8 nitrogen and oxygen atoms in total. The van der Waals surface area contributed by atoms with Gasteiger partial charge >= 0.3 is 11.9 Å². The van der Waals surface area contributed by atoms with Gasteiger partial charge in [0.05, 0.1) is 23.3 Å². The first kappa shape index (κ1) is 27.1. The molecule has 1 aromatic carbocycles. The number of aromatic nitrogens is 3. The zero-order valence-corrected chi connectivity index (χ0v) is 22.3. The average Bonchev–Trinajstić information content (AvgIpc) is 3.27. The molecular formula is C26H23ClF3N5O3S. The number of hydrogen-bond donors (Lipinski definition) is 1. The number of benzene rings is 1. The predicted octanol–water partition coefficient (Wildman–Crippen LogP) is 3.79. The molecule has 204 valence electrons. The number of rotatable bonds is 6. The van der Waals surface area contributed by atoms with Gasteiger partial charge in [-0.25, -0.2) is 4.79 Å². The second-order valence-corrected chi connectivity index (χ2v) is 10.9. The summed E-state index contributed by atoms with van der Waals surface area (Å²) in [7, 11) is 0. The summed E-state index contributed by atoms with van der Waals surface area (Å²) in [6.45, 7) is 2.37. The van der Waals surface area contributed by atoms with E-state index < -0.39 is 24.0 Å². The fraction of sp³-hybridized carbons (Fsp3) is 0.308. The van der Waals surface area contributed by atoms with Gasteiger partial charge in [-0.2, -0.15) is 13.2 Å². The van der Waals surface area contributed by atoms with E-state index in [1.54, 1.807) is 12.3 Å². The molecule has 0 saturated carbocycles. The number of piperazine rings is 1. The van der Waals surface area contributed by atoms with E-state index in [4.69, 9.17) is 11.6 Å². The molecule has 5 rings (SSSR count). The summed E-state index contributed by atoms with van der Waals surface area (Å²) < 4.78 is 40.7. The molecule has 1 N–H and O–H groups in total. The largest absolute Gasteiger partial charge is 0.406 e. The molecule has 0 unspecified atom stereocenters. The minimum absolute atomic E-state index is 0.0333. The third kappa shape index (κ3) is 5.92. The molecule has 4 heterocycles. The van der Waals surface area contributed by atoms with Crippen LogP contribution >= 0.6 is 22.9 Å². The van der Waals surface area contributed by atoms with Gasteiger partial charge in [-0.1, -0.05) is 11.6 Å². The lowest BCUT2D eigenvalue weighted by atomic mass is 9.95. The summed E-state index contributed by atoms with van der Waals surface area (Å²) in [5, 5.41) is 3.37. The van der Waals surface area contributed by atoms with Crippen molar-refractivity contribution in [2.24, 2.45) is 0 Å². The van der Waals surface area contributed by atoms with E-state index in [9.17, 15) is 27.6 Å². The fourth-order valence-corrected chi connectivity index (χ4v) is 6.13. The summed E-state index contributed by atoms with van der Waals surface area (Å²) in [6.07, 6.45) is -2.10. The van der Waals surface area contributed by atoms with E-state index in [0.717, 1.165) is 43.8 Å². The van der Waals surface area contributed by atoms with Gasteiger partial charge in [0.15, 0.2) is 0 Å². The SMILES string of the molecule is Cc1cc(Cl)cc(-c2ccnc3cc(Cn4c(=O)ccn(CC(F)(F)F)c4=O)sc23)c1CN1CCNC(=O)C1. The molecule has 1 fully saturated rings. The van der Waals surface area contributed by atoms with Crippen molar-refractivity contribution in [1.82, 2.24) is 24.3 Å². The summed E-state index contributed by atoms with van der Waals surface area (Å²) in [4.78, 5) is 44.1. The first-order valence-corrected chi connectivity index (χ1v) is 13.2. The maximum atomic E-state index is 12.9. The molecular weight excluding hydrogens is 555 g/mol. The lowest BCUT2D eigenvalue weighted by Gasteiger charge is -2.28. The average molecular weight is 578 g/mol. The highest BCUT2D eigenvalue weighted by molar-refractivity contribution is 7.19. The molecule has 1 aliphatic rings. The minimum Gasteiger partial charge on any atom is -0.354 e. The second kappa shape index (κ2) is 10.6. The predicted molar refractivity (Wildman–Crippen MR) is 143 cm³/mol. The Hall–Kier alpha value is -3.48. The maximum Gasteiger partial charge on any atom is 0.406 e. The molecule has 39 heavy (non-hydrogen) atoms. The van der Waals surface area contributed by atoms with Gasteiger partial charge in [-0.3, -0.25) is 28.6 Å². The van der Waals surface area contributed by atoms with Crippen LogP contribution in [0.5, 0.6) is 0 Å². The molecule has 13 heteroatoms. The number of hydrogen-bond acceptors (Lipinski definition) is 6. The van der Waals surface area contributed by atoms with Crippen molar-refractivity contribution in [3.8, 4) is 11.1 Å². The number of pyridine rings is 1. The summed E-state index contributed by atoms with van der Waals surface area (Å²) in [5.74, 6) is -0.0333. The standard InChI is InChI=1S/C26H23ClF3N5O3S/c1-15-8-16(27)9-19(20(15)12-33-7-5-32-22(36)13-33)18-2-4-31-21-10-17(39-24(18)21)11-35-23(37)3-6-34(25(35)38)14-26(28,29)30/h2-4,6,8-10H,5,7,11-14H2,1H3,(H,32,36). The zero-order chi connectivity index (χ0) is 27.9. The van der Waals surface area contributed by atoms with Crippen molar-refractivity contribution in [2.45, 2.75) is 32.7 Å². The van der Waals surface area contributed by atoms with E-state index in [1.807, 2.05) is 25.1 Å². The van der Waals surface area contributed by atoms with Crippen molar-refractivity contribution < 1.29 is 18.0 Å². The number of alkyl halides is 3. The van der Waals surface area contributed by atoms with Crippen LogP contribution in [0.2, 0.25) is 5.02 Å². The molecule has 4 aromatic rings. The highest BCUT2D eigenvalue weighted by atomic mass is 35.5. The fourth-order valence-electron chi connectivity index (χ4n) is 4.72. The Bertz CT molecular complexity index is 1700. The number of carbonyl (C=O) groups is 1. The van der Waals surface area contributed by atoms with Crippen LogP contribution in [0.25, 0.3) is 21.3 Å². The molecule has 0 radical (unpaired) electrons. The van der Waals surface area contributed by atoms with Crippen LogP contribution in [-0.4, -0.2) is 50.7 Å². The van der Waals surface area contributed by atoms with Crippen molar-refractivity contribution in [3.05, 3.63) is 84.6 Å². The number of nitrogens with zero attached hydrogens (tertiary/aromatic N) is 4. The minimum atomic E-state index is -4.60. The monoisotopic (exact) mass is 577 g/mol. The first-order chi connectivity index (χ1) is 18.5. The van der Waals surface area contributed by atoms with Crippen LogP contribution in [0.1, 0.15) is 16.0 Å². The van der Waals surface area contributed by atoms with Crippen LogP contribution in [0, 0.1) is 6.92 Å². The van der Waals surface area contributed by atoms with E-state index >= 15 is 0 Å². The highest BCUT2D eigenvalue weighted by Crippen LogP contribution is 2.38. The van der Waals surface area contributed by atoms with Gasteiger partial charge in [0.1, 0.15) is 6.54 Å². The Kier molecular flexibility index (Phi) is 7.36. The number of halogens is 4. The summed E-state index contributed by atoms with van der Waals surface area (Å²) in [6, 6.07) is 8.26.